The van der Waals surface area contributed by atoms with Crippen molar-refractivity contribution < 1.29 is 44.6 Å². The maximum Gasteiger partial charge on any atom is 0.303 e. The SMILES string of the molecule is C[C@H]1OC(OC(/C=C/[C@H]2CC(O)C(=O)[C@@H]2C/C=C\CCCC(=O)O)CCc2sc3ccccc3c2Cl)[C@H](O)[C@@H](O)[C@@H]1O. The van der Waals surface area contributed by atoms with Crippen LogP contribution in [0.25, 0.3) is 10.1 Å². The first-order valence-electron chi connectivity index (χ1n) is 14.3. The van der Waals surface area contributed by atoms with E-state index in [0.717, 1.165) is 15.0 Å². The van der Waals surface area contributed by atoms with Crippen LogP contribution in [0.3, 0.4) is 0 Å². The Morgan fingerprint density at radius 2 is 1.93 bits per heavy atom. The minimum atomic E-state index is -1.46. The highest BCUT2D eigenvalue weighted by Crippen LogP contribution is 2.37. The molecule has 0 radical (unpaired) electrons. The molecule has 11 heteroatoms. The summed E-state index contributed by atoms with van der Waals surface area (Å²) in [6, 6.07) is 7.86. The number of carboxylic acids is 1. The molecule has 9 nitrogen and oxygen atoms in total. The molecule has 2 heterocycles. The van der Waals surface area contributed by atoms with Crippen LogP contribution in [0.5, 0.6) is 0 Å². The predicted octanol–water partition coefficient (Wildman–Crippen LogP) is 4.02. The molecule has 5 N–H and O–H groups in total. The Kier molecular flexibility index (Phi) is 11.7. The lowest BCUT2D eigenvalue weighted by atomic mass is 9.91. The number of carbonyl (C=O) groups is 2. The van der Waals surface area contributed by atoms with Crippen molar-refractivity contribution in [1.82, 2.24) is 0 Å². The third kappa shape index (κ3) is 8.06. The molecule has 2 aromatic rings. The summed E-state index contributed by atoms with van der Waals surface area (Å²) >= 11 is 8.25. The van der Waals surface area contributed by atoms with Gasteiger partial charge in [0.05, 0.1) is 17.2 Å². The third-order valence-corrected chi connectivity index (χ3v) is 9.75. The standard InChI is InChI=1S/C31H39ClO9S/c1-17-27(36)29(38)30(39)31(40-17)41-19(14-15-24-26(32)21-9-6-7-10-23(21)42-24)13-12-18-16-22(33)28(37)20(18)8-4-2-3-5-11-25(34)35/h2,4,6-7,9-10,12-13,17-20,22,27,29-31,33,36,38-39H,3,5,8,11,14-16H2,1H3,(H,34,35)/b4-2-,13-12+/t17-,18+,19?,20-,22?,27-,29+,30-,31?/m1/s1. The number of rotatable bonds is 13. The number of ether oxygens (including phenoxy) is 2. The fourth-order valence-electron chi connectivity index (χ4n) is 5.50. The highest BCUT2D eigenvalue weighted by molar-refractivity contribution is 7.19. The van der Waals surface area contributed by atoms with Crippen LogP contribution < -0.4 is 0 Å². The minimum absolute atomic E-state index is 0.0824. The molecule has 1 aliphatic carbocycles. The van der Waals surface area contributed by atoms with Crippen LogP contribution in [0.2, 0.25) is 5.02 Å². The fourth-order valence-corrected chi connectivity index (χ4v) is 7.05. The number of thiophene rings is 1. The Bertz CT molecular complexity index is 1280. The van der Waals surface area contributed by atoms with Gasteiger partial charge in [-0.25, -0.2) is 0 Å². The zero-order valence-electron chi connectivity index (χ0n) is 23.4. The van der Waals surface area contributed by atoms with Gasteiger partial charge in [0.2, 0.25) is 0 Å². The van der Waals surface area contributed by atoms with E-state index in [4.69, 9.17) is 26.2 Å². The lowest BCUT2D eigenvalue weighted by Crippen LogP contribution is -2.57. The van der Waals surface area contributed by atoms with Crippen LogP contribution in [0.1, 0.15) is 50.3 Å². The lowest BCUT2D eigenvalue weighted by molar-refractivity contribution is -0.300. The Balaban J connectivity index is 1.48. The van der Waals surface area contributed by atoms with Crippen molar-refractivity contribution in [2.45, 2.75) is 94.8 Å². The number of halogens is 1. The van der Waals surface area contributed by atoms with E-state index in [1.807, 2.05) is 42.5 Å². The molecular weight excluding hydrogens is 584 g/mol. The second kappa shape index (κ2) is 15.0. The van der Waals surface area contributed by atoms with E-state index in [0.29, 0.717) is 37.1 Å². The minimum Gasteiger partial charge on any atom is -0.481 e. The molecule has 230 valence electrons. The van der Waals surface area contributed by atoms with Crippen molar-refractivity contribution in [1.29, 1.82) is 0 Å². The molecule has 0 amide bonds. The molecule has 1 aromatic heterocycles. The number of ketones is 1. The average Bonchev–Trinajstić information content (AvgIpc) is 3.43. The number of aliphatic carboxylic acids is 1. The number of allylic oxidation sites excluding steroid dienone is 3. The van der Waals surface area contributed by atoms with Gasteiger partial charge in [-0.2, -0.15) is 0 Å². The van der Waals surface area contributed by atoms with Crippen molar-refractivity contribution in [2.24, 2.45) is 11.8 Å². The van der Waals surface area contributed by atoms with Crippen LogP contribution in [-0.2, 0) is 25.5 Å². The Morgan fingerprint density at radius 3 is 2.67 bits per heavy atom. The number of aryl methyl sites for hydroxylation is 1. The van der Waals surface area contributed by atoms with E-state index in [-0.39, 0.29) is 24.5 Å². The smallest absolute Gasteiger partial charge is 0.303 e. The maximum absolute atomic E-state index is 12.7. The number of carbonyl (C=O) groups excluding carboxylic acids is 1. The van der Waals surface area contributed by atoms with Crippen LogP contribution in [-0.4, -0.2) is 80.2 Å². The van der Waals surface area contributed by atoms with Crippen LogP contribution in [0.4, 0.5) is 0 Å². The molecule has 2 fully saturated rings. The van der Waals surface area contributed by atoms with Gasteiger partial charge in [-0.1, -0.05) is 54.1 Å². The highest BCUT2D eigenvalue weighted by atomic mass is 35.5. The van der Waals surface area contributed by atoms with E-state index in [2.05, 4.69) is 0 Å². The highest BCUT2D eigenvalue weighted by Gasteiger charge is 2.43. The summed E-state index contributed by atoms with van der Waals surface area (Å²) in [6.45, 7) is 1.59. The number of fused-ring (bicyclic) bond motifs is 1. The van der Waals surface area contributed by atoms with Crippen LogP contribution >= 0.6 is 22.9 Å². The summed E-state index contributed by atoms with van der Waals surface area (Å²) in [5, 5.41) is 51.7. The fraction of sp³-hybridized carbons (Fsp3) is 0.548. The maximum atomic E-state index is 12.7. The zero-order valence-corrected chi connectivity index (χ0v) is 25.0. The molecular formula is C31H39ClO9S. The van der Waals surface area contributed by atoms with Gasteiger partial charge < -0.3 is 35.0 Å². The van der Waals surface area contributed by atoms with Gasteiger partial charge in [-0.05, 0) is 57.4 Å². The topological polar surface area (TPSA) is 154 Å². The van der Waals surface area contributed by atoms with Crippen LogP contribution in [0.15, 0.2) is 48.6 Å². The summed E-state index contributed by atoms with van der Waals surface area (Å²) in [5.74, 6) is -1.76. The second-order valence-corrected chi connectivity index (χ2v) is 12.5. The summed E-state index contributed by atoms with van der Waals surface area (Å²) in [7, 11) is 0. The summed E-state index contributed by atoms with van der Waals surface area (Å²) < 4.78 is 12.9. The molecule has 1 aromatic carbocycles. The number of hydrogen-bond acceptors (Lipinski definition) is 9. The summed E-state index contributed by atoms with van der Waals surface area (Å²) in [6.07, 6.45) is 2.53. The van der Waals surface area contributed by atoms with Crippen molar-refractivity contribution in [3.8, 4) is 0 Å². The molecule has 1 aliphatic heterocycles. The van der Waals surface area contributed by atoms with Gasteiger partial charge in [-0.3, -0.25) is 9.59 Å². The van der Waals surface area contributed by atoms with Gasteiger partial charge in [0.1, 0.15) is 24.4 Å². The number of benzene rings is 1. The molecule has 0 bridgehead atoms. The molecule has 4 rings (SSSR count). The first kappa shape index (κ1) is 32.8. The Morgan fingerprint density at radius 1 is 1.17 bits per heavy atom. The number of carboxylic acid groups (broad SMARTS) is 1. The molecule has 3 unspecified atom stereocenters. The molecule has 42 heavy (non-hydrogen) atoms. The Hall–Kier alpha value is -2.15. The summed E-state index contributed by atoms with van der Waals surface area (Å²) in [5.41, 5.74) is 0. The van der Waals surface area contributed by atoms with Crippen molar-refractivity contribution in [3.63, 3.8) is 0 Å². The van der Waals surface area contributed by atoms with Gasteiger partial charge >= 0.3 is 5.97 Å². The average molecular weight is 623 g/mol. The van der Waals surface area contributed by atoms with Crippen molar-refractivity contribution >= 4 is 44.8 Å². The monoisotopic (exact) mass is 622 g/mol. The Labute approximate surface area is 254 Å². The number of hydrogen-bond donors (Lipinski definition) is 5. The van der Waals surface area contributed by atoms with E-state index in [1.165, 1.54) is 0 Å². The molecule has 2 aliphatic rings. The van der Waals surface area contributed by atoms with E-state index in [9.17, 15) is 30.0 Å². The van der Waals surface area contributed by atoms with Gasteiger partial charge in [0, 0.05) is 27.3 Å². The number of unbranched alkanes of at least 4 members (excludes halogenated alkanes) is 1. The quantitative estimate of drug-likeness (QED) is 0.165. The van der Waals surface area contributed by atoms with Crippen LogP contribution in [0, 0.1) is 11.8 Å². The number of aliphatic hydroxyl groups excluding tert-OH is 4. The van der Waals surface area contributed by atoms with E-state index < -0.39 is 54.8 Å². The lowest BCUT2D eigenvalue weighted by Gasteiger charge is -2.40. The summed E-state index contributed by atoms with van der Waals surface area (Å²) in [4.78, 5) is 24.4. The molecule has 0 spiro atoms. The number of Topliss-reactive ketones (excluding diaryl/α,β-unsaturated/α-hetero) is 1. The van der Waals surface area contributed by atoms with Crippen molar-refractivity contribution in [3.05, 3.63) is 58.5 Å². The van der Waals surface area contributed by atoms with E-state index >= 15 is 0 Å². The predicted molar refractivity (Wildman–Crippen MR) is 159 cm³/mol. The van der Waals surface area contributed by atoms with Gasteiger partial charge in [0.15, 0.2) is 12.1 Å². The molecule has 9 atom stereocenters. The first-order valence-corrected chi connectivity index (χ1v) is 15.5. The normalized spacial score (nSPS) is 31.0. The first-order chi connectivity index (χ1) is 20.1. The van der Waals surface area contributed by atoms with E-state index in [1.54, 1.807) is 24.3 Å². The zero-order chi connectivity index (χ0) is 30.4. The van der Waals surface area contributed by atoms with Gasteiger partial charge in [-0.15, -0.1) is 11.3 Å². The molecule has 1 saturated heterocycles. The molecule has 1 saturated carbocycles. The second-order valence-electron chi connectivity index (χ2n) is 11.0. The number of aliphatic hydroxyl groups is 4. The largest absolute Gasteiger partial charge is 0.481 e. The third-order valence-electron chi connectivity index (χ3n) is 7.97. The van der Waals surface area contributed by atoms with Crippen molar-refractivity contribution in [2.75, 3.05) is 0 Å². The van der Waals surface area contributed by atoms with Gasteiger partial charge in [0.25, 0.3) is 0 Å².